The van der Waals surface area contributed by atoms with Crippen molar-refractivity contribution in [2.75, 3.05) is 69.3 Å². The van der Waals surface area contributed by atoms with E-state index >= 15 is 0 Å². The maximum atomic E-state index is 5.90. The molecular formula is C31H36NO4S2+. The van der Waals surface area contributed by atoms with Crippen molar-refractivity contribution in [3.05, 3.63) is 99.8 Å². The molecule has 0 aromatic heterocycles. The fourth-order valence-electron chi connectivity index (χ4n) is 4.64. The van der Waals surface area contributed by atoms with Gasteiger partial charge < -0.3 is 23.8 Å². The minimum Gasteiger partial charge on any atom is -0.430 e. The molecule has 0 unspecified atom stereocenters. The molecule has 3 aromatic carbocycles. The van der Waals surface area contributed by atoms with Gasteiger partial charge in [0.05, 0.1) is 26.4 Å². The Balaban J connectivity index is 1.47. The number of hydrogen-bond acceptors (Lipinski definition) is 6. The van der Waals surface area contributed by atoms with E-state index < -0.39 is 0 Å². The minimum absolute atomic E-state index is 0.609. The monoisotopic (exact) mass is 550 g/mol. The van der Waals surface area contributed by atoms with Crippen LogP contribution in [0.2, 0.25) is 0 Å². The molecule has 2 aliphatic rings. The quantitative estimate of drug-likeness (QED) is 0.359. The lowest BCUT2D eigenvalue weighted by Crippen LogP contribution is -2.23. The van der Waals surface area contributed by atoms with E-state index in [1.54, 1.807) is 0 Å². The molecule has 38 heavy (non-hydrogen) atoms. The normalized spacial score (nSPS) is 18.4. The van der Waals surface area contributed by atoms with E-state index in [1.165, 1.54) is 37.9 Å². The van der Waals surface area contributed by atoms with E-state index in [4.69, 9.17) is 14.2 Å². The summed E-state index contributed by atoms with van der Waals surface area (Å²) in [6.07, 6.45) is 0. The van der Waals surface area contributed by atoms with Crippen LogP contribution < -0.4 is 4.90 Å². The molecule has 0 spiro atoms. The number of anilines is 2. The fraction of sp³-hybridized carbons (Fsp3) is 0.355. The molecule has 0 aliphatic carbocycles. The lowest BCUT2D eigenvalue weighted by atomic mass is 9.91. The van der Waals surface area contributed by atoms with Gasteiger partial charge in [-0.2, -0.15) is 0 Å². The summed E-state index contributed by atoms with van der Waals surface area (Å²) in [5.41, 5.74) is 7.64. The number of fused-ring (bicyclic) bond motifs is 2. The second kappa shape index (κ2) is 14.8. The Hall–Kier alpha value is -2.26. The Morgan fingerprint density at radius 1 is 0.605 bits per heavy atom. The first-order valence-electron chi connectivity index (χ1n) is 13.3. The van der Waals surface area contributed by atoms with Crippen molar-refractivity contribution >= 4 is 40.5 Å². The SMILES string of the molecule is c1ccc(CN2c3ccccc3C(=C3SCCOCCOCC[OH+]CCOCCS3)c3ccccc32)cc1. The van der Waals surface area contributed by atoms with Crippen molar-refractivity contribution in [2.24, 2.45) is 0 Å². The van der Waals surface area contributed by atoms with E-state index in [-0.39, 0.29) is 0 Å². The Labute approximate surface area is 234 Å². The first kappa shape index (κ1) is 27.3. The van der Waals surface area contributed by atoms with E-state index in [2.05, 4.69) is 88.5 Å². The van der Waals surface area contributed by atoms with Crippen LogP contribution in [0.15, 0.2) is 83.1 Å². The first-order chi connectivity index (χ1) is 18.9. The van der Waals surface area contributed by atoms with Gasteiger partial charge in [-0.1, -0.05) is 66.7 Å². The van der Waals surface area contributed by atoms with Crippen molar-refractivity contribution in [1.82, 2.24) is 0 Å². The van der Waals surface area contributed by atoms with E-state index in [0.717, 1.165) is 18.1 Å². The molecule has 2 heterocycles. The average molecular weight is 551 g/mol. The number of benzene rings is 3. The predicted molar refractivity (Wildman–Crippen MR) is 161 cm³/mol. The van der Waals surface area contributed by atoms with E-state index in [1.807, 2.05) is 23.5 Å². The van der Waals surface area contributed by atoms with E-state index in [9.17, 15) is 0 Å². The number of aliphatic hydroxyl groups is 2. The maximum Gasteiger partial charge on any atom is 0.168 e. The van der Waals surface area contributed by atoms with Gasteiger partial charge in [-0.3, -0.25) is 0 Å². The Bertz CT molecular complexity index is 1120. The standard InChI is InChI=1S/C31H35NO4S2/c1-2-8-25(9-3-1)24-32-28-12-6-4-10-26(28)30(27-11-5-7-13-29(27)32)31-37-22-20-35-18-16-33-14-15-34-17-19-36-21-23-38-31/h1-13H,14-24H2/p+1. The smallest absolute Gasteiger partial charge is 0.168 e. The number of thioether (sulfide) groups is 2. The van der Waals surface area contributed by atoms with Crippen LogP contribution in [0.5, 0.6) is 0 Å². The Morgan fingerprint density at radius 2 is 1.13 bits per heavy atom. The molecule has 7 heteroatoms. The second-order valence-electron chi connectivity index (χ2n) is 8.97. The number of nitrogens with zero attached hydrogens (tertiary/aromatic N) is 1. The summed E-state index contributed by atoms with van der Waals surface area (Å²) in [6, 6.07) is 28.3. The summed E-state index contributed by atoms with van der Waals surface area (Å²) in [6.45, 7) is 6.17. The van der Waals surface area contributed by atoms with Crippen LogP contribution in [-0.4, -0.2) is 69.1 Å². The van der Waals surface area contributed by atoms with Gasteiger partial charge in [0.1, 0.15) is 13.2 Å². The van der Waals surface area contributed by atoms with Crippen LogP contribution in [0.1, 0.15) is 16.7 Å². The fourth-order valence-corrected chi connectivity index (χ4v) is 6.97. The number of ether oxygens (including phenoxy) is 4. The third kappa shape index (κ3) is 7.23. The highest BCUT2D eigenvalue weighted by Crippen LogP contribution is 2.50. The van der Waals surface area contributed by atoms with Crippen LogP contribution in [0.25, 0.3) is 5.57 Å². The molecule has 0 amide bonds. The van der Waals surface area contributed by atoms with Crippen LogP contribution in [-0.2, 0) is 20.8 Å². The van der Waals surface area contributed by atoms with Gasteiger partial charge in [0, 0.05) is 50.4 Å². The lowest BCUT2D eigenvalue weighted by molar-refractivity contribution is -0.0921. The van der Waals surface area contributed by atoms with Gasteiger partial charge >= 0.3 is 0 Å². The molecule has 3 aromatic rings. The summed E-state index contributed by atoms with van der Waals surface area (Å²) in [5, 5.41) is 0. The Kier molecular flexibility index (Phi) is 10.6. The molecule has 0 saturated carbocycles. The van der Waals surface area contributed by atoms with Crippen molar-refractivity contribution in [3.63, 3.8) is 0 Å². The molecule has 1 saturated heterocycles. The zero-order valence-electron chi connectivity index (χ0n) is 21.7. The summed E-state index contributed by atoms with van der Waals surface area (Å²) in [7, 11) is 0. The minimum atomic E-state index is 0.609. The molecule has 200 valence electrons. The molecular weight excluding hydrogens is 514 g/mol. The molecule has 2 aliphatic heterocycles. The third-order valence-corrected chi connectivity index (χ3v) is 8.78. The van der Waals surface area contributed by atoms with Crippen molar-refractivity contribution in [2.45, 2.75) is 6.54 Å². The zero-order valence-corrected chi connectivity index (χ0v) is 23.4. The number of para-hydroxylation sites is 2. The zero-order chi connectivity index (χ0) is 25.8. The highest BCUT2D eigenvalue weighted by atomic mass is 32.2. The van der Waals surface area contributed by atoms with Gasteiger partial charge in [-0.25, -0.2) is 0 Å². The molecule has 0 radical (unpaired) electrons. The van der Waals surface area contributed by atoms with Crippen molar-refractivity contribution < 1.29 is 18.9 Å². The van der Waals surface area contributed by atoms with Crippen LogP contribution >= 0.6 is 23.5 Å². The molecule has 5 rings (SSSR count). The van der Waals surface area contributed by atoms with Gasteiger partial charge in [-0.15, -0.1) is 23.5 Å². The van der Waals surface area contributed by atoms with Crippen LogP contribution in [0.3, 0.4) is 0 Å². The summed E-state index contributed by atoms with van der Waals surface area (Å²) < 4.78 is 23.2. The number of hydrogen-bond donors (Lipinski definition) is 0. The number of rotatable bonds is 2. The summed E-state index contributed by atoms with van der Waals surface area (Å²) >= 11 is 3.77. The largest absolute Gasteiger partial charge is 0.430 e. The van der Waals surface area contributed by atoms with E-state index in [0.29, 0.717) is 52.9 Å². The molecule has 0 bridgehead atoms. The van der Waals surface area contributed by atoms with Gasteiger partial charge in [0.2, 0.25) is 0 Å². The molecule has 0 atom stereocenters. The summed E-state index contributed by atoms with van der Waals surface area (Å²) in [4.78, 5) is 2.45. The van der Waals surface area contributed by atoms with Crippen LogP contribution in [0.4, 0.5) is 11.4 Å². The highest BCUT2D eigenvalue weighted by Gasteiger charge is 2.28. The van der Waals surface area contributed by atoms with Gasteiger partial charge in [0.15, 0.2) is 13.2 Å². The average Bonchev–Trinajstić information content (AvgIpc) is 2.97. The predicted octanol–water partition coefficient (Wildman–Crippen LogP) is 6.11. The molecule has 1 N–H and O–H groups in total. The third-order valence-electron chi connectivity index (χ3n) is 6.40. The van der Waals surface area contributed by atoms with Gasteiger partial charge in [0.25, 0.3) is 0 Å². The lowest BCUT2D eigenvalue weighted by Gasteiger charge is -2.35. The first-order valence-corrected chi connectivity index (χ1v) is 15.3. The van der Waals surface area contributed by atoms with Crippen molar-refractivity contribution in [1.29, 1.82) is 0 Å². The molecule has 1 fully saturated rings. The maximum absolute atomic E-state index is 5.90. The van der Waals surface area contributed by atoms with Crippen molar-refractivity contribution in [3.8, 4) is 0 Å². The highest BCUT2D eigenvalue weighted by molar-refractivity contribution is 8.22. The summed E-state index contributed by atoms with van der Waals surface area (Å²) in [5.74, 6) is 1.79. The Morgan fingerprint density at radius 3 is 1.76 bits per heavy atom. The van der Waals surface area contributed by atoms with Gasteiger partial charge in [-0.05, 0) is 17.7 Å². The van der Waals surface area contributed by atoms with Crippen LogP contribution in [0, 0.1) is 0 Å². The second-order valence-corrected chi connectivity index (χ2v) is 11.4. The topological polar surface area (TPSA) is 43.7 Å². The molecule has 5 nitrogen and oxygen atoms in total.